The molecule has 4 nitrogen and oxygen atoms in total. The lowest BCUT2D eigenvalue weighted by molar-refractivity contribution is -0.134. The molecule has 1 amide bonds. The summed E-state index contributed by atoms with van der Waals surface area (Å²) in [7, 11) is 1.83. The van der Waals surface area contributed by atoms with E-state index in [4.69, 9.17) is 10.00 Å². The second kappa shape index (κ2) is 5.75. The first kappa shape index (κ1) is 13.4. The number of nitrogens with zero attached hydrogens (tertiary/aromatic N) is 2. The van der Waals surface area contributed by atoms with Crippen LogP contribution in [0.2, 0.25) is 0 Å². The molecule has 1 saturated carbocycles. The van der Waals surface area contributed by atoms with Gasteiger partial charge in [-0.25, -0.2) is 0 Å². The van der Waals surface area contributed by atoms with Crippen LogP contribution in [-0.2, 0) is 4.79 Å². The van der Waals surface area contributed by atoms with Crippen molar-refractivity contribution in [3.05, 3.63) is 29.8 Å². The fourth-order valence-electron chi connectivity index (χ4n) is 1.99. The molecule has 1 aromatic carbocycles. The lowest BCUT2D eigenvalue weighted by atomic mass is 10.2. The number of benzene rings is 1. The van der Waals surface area contributed by atoms with Crippen molar-refractivity contribution < 1.29 is 9.53 Å². The molecule has 1 aliphatic rings. The third-order valence-corrected chi connectivity index (χ3v) is 3.65. The van der Waals surface area contributed by atoms with Gasteiger partial charge in [-0.3, -0.25) is 4.79 Å². The van der Waals surface area contributed by atoms with Crippen molar-refractivity contribution >= 4 is 5.91 Å². The second-order valence-corrected chi connectivity index (χ2v) is 5.01. The largest absolute Gasteiger partial charge is 0.484 e. The predicted molar refractivity (Wildman–Crippen MR) is 71.6 cm³/mol. The molecule has 1 aliphatic carbocycles. The monoisotopic (exact) mass is 258 g/mol. The zero-order chi connectivity index (χ0) is 13.8. The third-order valence-electron chi connectivity index (χ3n) is 3.65. The van der Waals surface area contributed by atoms with Crippen LogP contribution in [0.3, 0.4) is 0 Å². The number of rotatable bonds is 5. The van der Waals surface area contributed by atoms with Gasteiger partial charge in [-0.15, -0.1) is 0 Å². The first-order chi connectivity index (χ1) is 9.11. The van der Waals surface area contributed by atoms with Gasteiger partial charge in [0.2, 0.25) is 0 Å². The minimum absolute atomic E-state index is 0.0104. The molecule has 0 spiro atoms. The summed E-state index contributed by atoms with van der Waals surface area (Å²) in [6.07, 6.45) is 2.44. The molecular weight excluding hydrogens is 240 g/mol. The molecule has 4 heteroatoms. The van der Waals surface area contributed by atoms with Gasteiger partial charge in [0, 0.05) is 13.1 Å². The van der Waals surface area contributed by atoms with E-state index in [-0.39, 0.29) is 18.6 Å². The van der Waals surface area contributed by atoms with Gasteiger partial charge in [-0.1, -0.05) is 0 Å². The Kier molecular flexibility index (Phi) is 4.06. The number of carbonyl (C=O) groups is 1. The maximum Gasteiger partial charge on any atom is 0.260 e. The van der Waals surface area contributed by atoms with E-state index in [2.05, 4.69) is 6.92 Å². The minimum Gasteiger partial charge on any atom is -0.484 e. The molecule has 1 fully saturated rings. The fourth-order valence-corrected chi connectivity index (χ4v) is 1.99. The van der Waals surface area contributed by atoms with Gasteiger partial charge in [-0.2, -0.15) is 5.26 Å². The summed E-state index contributed by atoms with van der Waals surface area (Å²) in [6.45, 7) is 2.12. The molecule has 1 unspecified atom stereocenters. The van der Waals surface area contributed by atoms with Crippen LogP contribution in [0.5, 0.6) is 5.75 Å². The maximum absolute atomic E-state index is 12.0. The first-order valence-electron chi connectivity index (χ1n) is 6.50. The Labute approximate surface area is 113 Å². The number of hydrogen-bond acceptors (Lipinski definition) is 3. The summed E-state index contributed by atoms with van der Waals surface area (Å²) in [5, 5.41) is 8.69. The zero-order valence-corrected chi connectivity index (χ0v) is 11.3. The van der Waals surface area contributed by atoms with Crippen molar-refractivity contribution in [2.24, 2.45) is 5.92 Å². The van der Waals surface area contributed by atoms with Gasteiger partial charge < -0.3 is 9.64 Å². The fraction of sp³-hybridized carbons (Fsp3) is 0.467. The topological polar surface area (TPSA) is 53.3 Å². The SMILES string of the molecule is CC(C1CC1)N(C)C(=O)COc1ccc(C#N)cc1. The summed E-state index contributed by atoms with van der Waals surface area (Å²) in [4.78, 5) is 13.7. The molecule has 0 N–H and O–H groups in total. The molecule has 1 aromatic rings. The van der Waals surface area contributed by atoms with Crippen LogP contribution in [0.1, 0.15) is 25.3 Å². The number of ether oxygens (including phenoxy) is 1. The Hall–Kier alpha value is -2.02. The van der Waals surface area contributed by atoms with Crippen molar-refractivity contribution in [1.82, 2.24) is 4.90 Å². The second-order valence-electron chi connectivity index (χ2n) is 5.01. The quantitative estimate of drug-likeness (QED) is 0.813. The van der Waals surface area contributed by atoms with E-state index in [9.17, 15) is 4.79 Å². The number of nitriles is 1. The standard InChI is InChI=1S/C15H18N2O2/c1-11(13-5-6-13)17(2)15(18)10-19-14-7-3-12(9-16)4-8-14/h3-4,7-8,11,13H,5-6,10H2,1-2H3. The van der Waals surface area contributed by atoms with Crippen molar-refractivity contribution in [2.45, 2.75) is 25.8 Å². The Balaban J connectivity index is 1.83. The van der Waals surface area contributed by atoms with Gasteiger partial charge in [-0.05, 0) is 49.9 Å². The number of carbonyl (C=O) groups excluding carboxylic acids is 1. The van der Waals surface area contributed by atoms with E-state index < -0.39 is 0 Å². The van der Waals surface area contributed by atoms with Crippen molar-refractivity contribution in [3.8, 4) is 11.8 Å². The molecule has 0 heterocycles. The minimum atomic E-state index is -0.0104. The Bertz CT molecular complexity index is 486. The number of amides is 1. The van der Waals surface area contributed by atoms with Crippen LogP contribution in [0.4, 0.5) is 0 Å². The Morgan fingerprint density at radius 2 is 2.11 bits per heavy atom. The van der Waals surface area contributed by atoms with Crippen molar-refractivity contribution in [3.63, 3.8) is 0 Å². The van der Waals surface area contributed by atoms with Gasteiger partial charge in [0.1, 0.15) is 5.75 Å². The van der Waals surface area contributed by atoms with Crippen LogP contribution in [0.15, 0.2) is 24.3 Å². The Morgan fingerprint density at radius 3 is 2.63 bits per heavy atom. The molecule has 100 valence electrons. The van der Waals surface area contributed by atoms with Gasteiger partial charge in [0.05, 0.1) is 11.6 Å². The number of hydrogen-bond donors (Lipinski definition) is 0. The molecule has 0 bridgehead atoms. The van der Waals surface area contributed by atoms with Crippen molar-refractivity contribution in [2.75, 3.05) is 13.7 Å². The van der Waals surface area contributed by atoms with E-state index in [1.807, 2.05) is 13.1 Å². The van der Waals surface area contributed by atoms with Crippen LogP contribution in [0, 0.1) is 17.2 Å². The lowest BCUT2D eigenvalue weighted by Gasteiger charge is -2.24. The normalized spacial score (nSPS) is 15.4. The van der Waals surface area contributed by atoms with E-state index in [0.717, 1.165) is 0 Å². The predicted octanol–water partition coefficient (Wildman–Crippen LogP) is 2.19. The highest BCUT2D eigenvalue weighted by atomic mass is 16.5. The van der Waals surface area contributed by atoms with Crippen LogP contribution >= 0.6 is 0 Å². The van der Waals surface area contributed by atoms with Gasteiger partial charge >= 0.3 is 0 Å². The smallest absolute Gasteiger partial charge is 0.260 e. The summed E-state index contributed by atoms with van der Waals surface area (Å²) in [5.74, 6) is 1.26. The van der Waals surface area contributed by atoms with Gasteiger partial charge in [0.15, 0.2) is 6.61 Å². The summed E-state index contributed by atoms with van der Waals surface area (Å²) in [5.41, 5.74) is 0.582. The summed E-state index contributed by atoms with van der Waals surface area (Å²) >= 11 is 0. The maximum atomic E-state index is 12.0. The van der Waals surface area contributed by atoms with Crippen LogP contribution in [-0.4, -0.2) is 30.5 Å². The third kappa shape index (κ3) is 3.47. The highest BCUT2D eigenvalue weighted by molar-refractivity contribution is 5.77. The Morgan fingerprint density at radius 1 is 1.47 bits per heavy atom. The van der Waals surface area contributed by atoms with Crippen LogP contribution in [0.25, 0.3) is 0 Å². The highest BCUT2D eigenvalue weighted by Crippen LogP contribution is 2.34. The van der Waals surface area contributed by atoms with E-state index in [1.54, 1.807) is 29.2 Å². The molecule has 1 atom stereocenters. The first-order valence-corrected chi connectivity index (χ1v) is 6.50. The van der Waals surface area contributed by atoms with E-state index in [0.29, 0.717) is 17.2 Å². The zero-order valence-electron chi connectivity index (χ0n) is 11.3. The highest BCUT2D eigenvalue weighted by Gasteiger charge is 2.32. The molecular formula is C15H18N2O2. The van der Waals surface area contributed by atoms with Crippen molar-refractivity contribution in [1.29, 1.82) is 5.26 Å². The van der Waals surface area contributed by atoms with Gasteiger partial charge in [0.25, 0.3) is 5.91 Å². The number of likely N-dealkylation sites (N-methyl/N-ethyl adjacent to an activating group) is 1. The van der Waals surface area contributed by atoms with Crippen LogP contribution < -0.4 is 4.74 Å². The van der Waals surface area contributed by atoms with E-state index in [1.165, 1.54) is 12.8 Å². The summed E-state index contributed by atoms with van der Waals surface area (Å²) < 4.78 is 5.44. The molecule has 2 rings (SSSR count). The van der Waals surface area contributed by atoms with E-state index >= 15 is 0 Å². The average Bonchev–Trinajstić information content (AvgIpc) is 3.28. The molecule has 0 saturated heterocycles. The molecule has 19 heavy (non-hydrogen) atoms. The molecule has 0 radical (unpaired) electrons. The lowest BCUT2D eigenvalue weighted by Crippen LogP contribution is -2.39. The molecule has 0 aromatic heterocycles. The molecule has 0 aliphatic heterocycles. The summed E-state index contributed by atoms with van der Waals surface area (Å²) in [6, 6.07) is 9.09. The average molecular weight is 258 g/mol.